The van der Waals surface area contributed by atoms with Crippen LogP contribution in [0.5, 0.6) is 0 Å². The molecule has 0 saturated carbocycles. The van der Waals surface area contributed by atoms with E-state index in [4.69, 9.17) is 10.7 Å². The molecule has 2 N–H and O–H groups in total. The Morgan fingerprint density at radius 1 is 1.19 bits per heavy atom. The topological polar surface area (TPSA) is 51.8 Å². The summed E-state index contributed by atoms with van der Waals surface area (Å²) in [5.41, 5.74) is 7.97. The average molecular weight is 297 g/mol. The highest BCUT2D eigenvalue weighted by atomic mass is 32.1. The highest BCUT2D eigenvalue weighted by Gasteiger charge is 2.15. The number of thiazole rings is 1. The molecule has 3 rings (SSSR count). The number of nitrogens with zero attached hydrogens (tertiary/aromatic N) is 2. The molecular formula is C17H19N3S. The van der Waals surface area contributed by atoms with Gasteiger partial charge in [-0.05, 0) is 23.8 Å². The standard InChI is InChI=1S/C17H19N3S/c1-11(2)9-14-15(10-18)21-17(20-14)16-13-6-4-3-5-12(13)7-8-19-16/h3-8,11H,9-10,18H2,1-2H3. The number of pyridine rings is 1. The van der Waals surface area contributed by atoms with Crippen LogP contribution in [0.2, 0.25) is 0 Å². The van der Waals surface area contributed by atoms with Gasteiger partial charge in [0.25, 0.3) is 0 Å². The van der Waals surface area contributed by atoms with Crippen LogP contribution in [-0.4, -0.2) is 9.97 Å². The Hall–Kier alpha value is -1.78. The minimum Gasteiger partial charge on any atom is -0.326 e. The van der Waals surface area contributed by atoms with Crippen molar-refractivity contribution >= 4 is 22.1 Å². The monoisotopic (exact) mass is 297 g/mol. The molecular weight excluding hydrogens is 278 g/mol. The van der Waals surface area contributed by atoms with Gasteiger partial charge in [-0.15, -0.1) is 11.3 Å². The van der Waals surface area contributed by atoms with Crippen LogP contribution in [0.4, 0.5) is 0 Å². The van der Waals surface area contributed by atoms with E-state index >= 15 is 0 Å². The number of nitrogens with two attached hydrogens (primary N) is 1. The Labute approximate surface area is 128 Å². The Balaban J connectivity index is 2.12. The van der Waals surface area contributed by atoms with E-state index in [2.05, 4.69) is 31.0 Å². The second-order valence-electron chi connectivity index (χ2n) is 5.57. The number of fused-ring (bicyclic) bond motifs is 1. The molecule has 0 amide bonds. The van der Waals surface area contributed by atoms with Gasteiger partial charge in [0.05, 0.1) is 5.69 Å². The first-order chi connectivity index (χ1) is 10.2. The fraction of sp³-hybridized carbons (Fsp3) is 0.294. The maximum Gasteiger partial charge on any atom is 0.143 e. The number of hydrogen-bond acceptors (Lipinski definition) is 4. The molecule has 0 spiro atoms. The third-order valence-corrected chi connectivity index (χ3v) is 4.57. The predicted molar refractivity (Wildman–Crippen MR) is 89.3 cm³/mol. The molecule has 0 aliphatic rings. The second kappa shape index (κ2) is 5.92. The summed E-state index contributed by atoms with van der Waals surface area (Å²) in [6.45, 7) is 4.95. The fourth-order valence-electron chi connectivity index (χ4n) is 2.48. The van der Waals surface area contributed by atoms with Crippen molar-refractivity contribution in [3.05, 3.63) is 47.1 Å². The number of rotatable bonds is 4. The Morgan fingerprint density at radius 3 is 2.76 bits per heavy atom. The van der Waals surface area contributed by atoms with Crippen molar-refractivity contribution in [3.63, 3.8) is 0 Å². The molecule has 108 valence electrons. The van der Waals surface area contributed by atoms with E-state index in [1.54, 1.807) is 11.3 Å². The Kier molecular flexibility index (Phi) is 3.99. The lowest BCUT2D eigenvalue weighted by molar-refractivity contribution is 0.634. The predicted octanol–water partition coefficient (Wildman–Crippen LogP) is 4.02. The molecule has 0 fully saturated rings. The van der Waals surface area contributed by atoms with E-state index in [9.17, 15) is 0 Å². The first-order valence-electron chi connectivity index (χ1n) is 7.21. The van der Waals surface area contributed by atoms with Crippen LogP contribution in [0.1, 0.15) is 24.4 Å². The minimum absolute atomic E-state index is 0.546. The van der Waals surface area contributed by atoms with Crippen LogP contribution in [0, 0.1) is 5.92 Å². The van der Waals surface area contributed by atoms with Crippen LogP contribution >= 0.6 is 11.3 Å². The van der Waals surface area contributed by atoms with E-state index < -0.39 is 0 Å². The van der Waals surface area contributed by atoms with Crippen LogP contribution in [-0.2, 0) is 13.0 Å². The van der Waals surface area contributed by atoms with E-state index in [0.29, 0.717) is 12.5 Å². The number of benzene rings is 1. The fourth-order valence-corrected chi connectivity index (χ4v) is 3.46. The Bertz CT molecular complexity index is 756. The van der Waals surface area contributed by atoms with Crippen molar-refractivity contribution in [3.8, 4) is 10.7 Å². The van der Waals surface area contributed by atoms with Gasteiger partial charge in [0, 0.05) is 23.0 Å². The third-order valence-electron chi connectivity index (χ3n) is 3.44. The molecule has 1 aromatic carbocycles. The molecule has 0 radical (unpaired) electrons. The van der Waals surface area contributed by atoms with Crippen LogP contribution in [0.25, 0.3) is 21.5 Å². The smallest absolute Gasteiger partial charge is 0.143 e. The van der Waals surface area contributed by atoms with Crippen molar-refractivity contribution in [2.45, 2.75) is 26.8 Å². The summed E-state index contributed by atoms with van der Waals surface area (Å²) in [6.07, 6.45) is 2.82. The molecule has 2 heterocycles. The number of aromatic nitrogens is 2. The summed E-state index contributed by atoms with van der Waals surface area (Å²) in [5, 5.41) is 3.31. The van der Waals surface area contributed by atoms with E-state index in [1.165, 1.54) is 10.3 Å². The summed E-state index contributed by atoms with van der Waals surface area (Å²) < 4.78 is 0. The SMILES string of the molecule is CC(C)Cc1nc(-c2nccc3ccccc23)sc1CN. The van der Waals surface area contributed by atoms with Crippen LogP contribution < -0.4 is 5.73 Å². The molecule has 0 aliphatic heterocycles. The maximum atomic E-state index is 5.88. The van der Waals surface area contributed by atoms with Gasteiger partial charge in [-0.1, -0.05) is 38.1 Å². The summed E-state index contributed by atoms with van der Waals surface area (Å²) in [4.78, 5) is 10.5. The van der Waals surface area contributed by atoms with Gasteiger partial charge in [0.1, 0.15) is 10.7 Å². The van der Waals surface area contributed by atoms with Crippen molar-refractivity contribution < 1.29 is 0 Å². The zero-order valence-corrected chi connectivity index (χ0v) is 13.2. The first kappa shape index (κ1) is 14.2. The highest BCUT2D eigenvalue weighted by Crippen LogP contribution is 2.32. The molecule has 2 aromatic heterocycles. The van der Waals surface area contributed by atoms with Crippen LogP contribution in [0.15, 0.2) is 36.5 Å². The lowest BCUT2D eigenvalue weighted by atomic mass is 10.1. The van der Waals surface area contributed by atoms with Gasteiger partial charge >= 0.3 is 0 Å². The first-order valence-corrected chi connectivity index (χ1v) is 8.03. The molecule has 0 atom stereocenters. The number of hydrogen-bond donors (Lipinski definition) is 1. The molecule has 3 nitrogen and oxygen atoms in total. The van der Waals surface area contributed by atoms with Crippen molar-refractivity contribution in [1.82, 2.24) is 9.97 Å². The molecule has 0 bridgehead atoms. The molecule has 0 aliphatic carbocycles. The third kappa shape index (κ3) is 2.82. The quantitative estimate of drug-likeness (QED) is 0.791. The van der Waals surface area contributed by atoms with Crippen molar-refractivity contribution in [2.75, 3.05) is 0 Å². The zero-order valence-electron chi connectivity index (χ0n) is 12.3. The minimum atomic E-state index is 0.546. The van der Waals surface area contributed by atoms with E-state index in [0.717, 1.165) is 28.2 Å². The lowest BCUT2D eigenvalue weighted by Gasteiger charge is -2.03. The maximum absolute atomic E-state index is 5.88. The highest BCUT2D eigenvalue weighted by molar-refractivity contribution is 7.15. The van der Waals surface area contributed by atoms with Gasteiger partial charge in [-0.25, -0.2) is 4.98 Å². The molecule has 0 unspecified atom stereocenters. The van der Waals surface area contributed by atoms with Gasteiger partial charge in [0.15, 0.2) is 0 Å². The normalized spacial score (nSPS) is 11.4. The van der Waals surface area contributed by atoms with Crippen molar-refractivity contribution in [2.24, 2.45) is 11.7 Å². The Morgan fingerprint density at radius 2 is 2.00 bits per heavy atom. The van der Waals surface area contributed by atoms with Crippen molar-refractivity contribution in [1.29, 1.82) is 0 Å². The largest absolute Gasteiger partial charge is 0.326 e. The van der Waals surface area contributed by atoms with Gasteiger partial charge in [-0.2, -0.15) is 0 Å². The summed E-state index contributed by atoms with van der Waals surface area (Å²) >= 11 is 1.67. The molecule has 0 saturated heterocycles. The summed E-state index contributed by atoms with van der Waals surface area (Å²) in [6, 6.07) is 10.3. The van der Waals surface area contributed by atoms with Gasteiger partial charge in [0.2, 0.25) is 0 Å². The van der Waals surface area contributed by atoms with E-state index in [-0.39, 0.29) is 0 Å². The van der Waals surface area contributed by atoms with Gasteiger partial charge in [-0.3, -0.25) is 4.98 Å². The van der Waals surface area contributed by atoms with E-state index in [1.807, 2.05) is 24.4 Å². The van der Waals surface area contributed by atoms with Gasteiger partial charge < -0.3 is 5.73 Å². The summed E-state index contributed by atoms with van der Waals surface area (Å²) in [7, 11) is 0. The molecule has 3 aromatic rings. The molecule has 4 heteroatoms. The zero-order chi connectivity index (χ0) is 14.8. The lowest BCUT2D eigenvalue weighted by Crippen LogP contribution is -2.02. The average Bonchev–Trinajstić information content (AvgIpc) is 2.88. The summed E-state index contributed by atoms with van der Waals surface area (Å²) in [5.74, 6) is 0.575. The van der Waals surface area contributed by atoms with Crippen LogP contribution in [0.3, 0.4) is 0 Å². The molecule has 21 heavy (non-hydrogen) atoms. The second-order valence-corrected chi connectivity index (χ2v) is 6.66.